The molecule has 0 spiro atoms. The van der Waals surface area contributed by atoms with Crippen molar-refractivity contribution in [3.8, 4) is 5.75 Å². The molecule has 0 saturated carbocycles. The van der Waals surface area contributed by atoms with Crippen LogP contribution in [-0.4, -0.2) is 38.3 Å². The van der Waals surface area contributed by atoms with Crippen molar-refractivity contribution in [2.75, 3.05) is 25.1 Å². The van der Waals surface area contributed by atoms with Crippen LogP contribution in [0.15, 0.2) is 18.2 Å². The molecule has 1 aromatic carbocycles. The molecule has 1 N–H and O–H groups in total. The number of rotatable bonds is 4. The van der Waals surface area contributed by atoms with Crippen LogP contribution in [0.25, 0.3) is 0 Å². The zero-order valence-corrected chi connectivity index (χ0v) is 13.2. The summed E-state index contributed by atoms with van der Waals surface area (Å²) in [5.41, 5.74) is 1.82. The number of carbonyl (C=O) groups is 2. The van der Waals surface area contributed by atoms with Crippen LogP contribution in [0.2, 0.25) is 0 Å². The molecule has 120 valence electrons. The predicted molar refractivity (Wildman–Crippen MR) is 83.3 cm³/mol. The van der Waals surface area contributed by atoms with E-state index >= 15 is 0 Å². The average Bonchev–Trinajstić information content (AvgIpc) is 2.53. The van der Waals surface area contributed by atoms with Gasteiger partial charge in [-0.1, -0.05) is 13.0 Å². The number of amides is 2. The van der Waals surface area contributed by atoms with Gasteiger partial charge in [0.25, 0.3) is 0 Å². The molecule has 1 heterocycles. The lowest BCUT2D eigenvalue weighted by molar-refractivity contribution is -0.140. The minimum Gasteiger partial charge on any atom is -0.486 e. The molecule has 0 saturated heterocycles. The first-order valence-corrected chi connectivity index (χ1v) is 7.44. The molecule has 0 aliphatic carbocycles. The zero-order valence-electron chi connectivity index (χ0n) is 13.2. The highest BCUT2D eigenvalue weighted by atomic mass is 16.5. The van der Waals surface area contributed by atoms with Crippen LogP contribution in [0.4, 0.5) is 10.5 Å². The van der Waals surface area contributed by atoms with Crippen LogP contribution >= 0.6 is 0 Å². The lowest BCUT2D eigenvalue weighted by Crippen LogP contribution is -2.48. The van der Waals surface area contributed by atoms with Gasteiger partial charge in [0.1, 0.15) is 11.9 Å². The molecule has 0 fully saturated rings. The van der Waals surface area contributed by atoms with Gasteiger partial charge in [-0.15, -0.1) is 0 Å². The van der Waals surface area contributed by atoms with Crippen LogP contribution in [0.5, 0.6) is 5.75 Å². The van der Waals surface area contributed by atoms with E-state index in [1.807, 2.05) is 32.0 Å². The molecule has 2 amide bonds. The highest BCUT2D eigenvalue weighted by molar-refractivity contribution is 5.94. The van der Waals surface area contributed by atoms with E-state index in [4.69, 9.17) is 4.74 Å². The Morgan fingerprint density at radius 3 is 2.91 bits per heavy atom. The summed E-state index contributed by atoms with van der Waals surface area (Å²) in [5.74, 6) is 0.372. The Bertz CT molecular complexity index is 559. The van der Waals surface area contributed by atoms with Crippen molar-refractivity contribution >= 4 is 17.7 Å². The molecule has 1 atom stereocenters. The summed E-state index contributed by atoms with van der Waals surface area (Å²) in [6.45, 7) is 4.74. The van der Waals surface area contributed by atoms with Gasteiger partial charge >= 0.3 is 12.0 Å². The lowest BCUT2D eigenvalue weighted by Gasteiger charge is -2.34. The zero-order chi connectivity index (χ0) is 16.1. The third-order valence-corrected chi connectivity index (χ3v) is 3.62. The number of anilines is 1. The summed E-state index contributed by atoms with van der Waals surface area (Å²) in [5, 5.41) is 2.75. The number of carbonyl (C=O) groups excluding carboxylic acids is 2. The number of esters is 1. The summed E-state index contributed by atoms with van der Waals surface area (Å²) in [6, 6.07) is 5.56. The van der Waals surface area contributed by atoms with E-state index in [0.717, 1.165) is 17.7 Å². The smallest absolute Gasteiger partial charge is 0.322 e. The van der Waals surface area contributed by atoms with E-state index in [9.17, 15) is 9.59 Å². The number of urea groups is 1. The van der Waals surface area contributed by atoms with Crippen molar-refractivity contribution in [1.29, 1.82) is 0 Å². The number of methoxy groups -OCH3 is 1. The number of benzene rings is 1. The molecule has 1 aliphatic heterocycles. The molecule has 1 aromatic rings. The maximum Gasteiger partial charge on any atom is 0.322 e. The van der Waals surface area contributed by atoms with E-state index < -0.39 is 0 Å². The molecule has 0 bridgehead atoms. The molecule has 2 rings (SSSR count). The number of hydrogen-bond acceptors (Lipinski definition) is 4. The number of aryl methyl sites for hydroxylation is 1. The minimum absolute atomic E-state index is 0.0263. The summed E-state index contributed by atoms with van der Waals surface area (Å²) in [7, 11) is 1.33. The van der Waals surface area contributed by atoms with E-state index in [2.05, 4.69) is 10.1 Å². The number of ether oxygens (including phenoxy) is 2. The Kier molecular flexibility index (Phi) is 5.25. The van der Waals surface area contributed by atoms with Crippen LogP contribution in [0.3, 0.4) is 0 Å². The quantitative estimate of drug-likeness (QED) is 0.866. The number of nitrogens with one attached hydrogen (secondary N) is 1. The first-order chi connectivity index (χ1) is 10.5. The van der Waals surface area contributed by atoms with Crippen LogP contribution in [0, 0.1) is 6.92 Å². The van der Waals surface area contributed by atoms with Crippen LogP contribution in [-0.2, 0) is 9.53 Å². The number of nitrogens with zero attached hydrogens (tertiary/aromatic N) is 1. The predicted octanol–water partition coefficient (Wildman–Crippen LogP) is 2.25. The van der Waals surface area contributed by atoms with Crippen molar-refractivity contribution in [2.24, 2.45) is 0 Å². The standard InChI is InChI=1S/C16H22N2O4/c1-4-12-10-18(16(20)17-8-7-15(19)21-3)13-9-11(2)5-6-14(13)22-12/h5-6,9,12H,4,7-8,10H2,1-3H3,(H,17,20). The largest absolute Gasteiger partial charge is 0.486 e. The Balaban J connectivity index is 2.10. The third kappa shape index (κ3) is 3.69. The Morgan fingerprint density at radius 2 is 2.23 bits per heavy atom. The van der Waals surface area contributed by atoms with Crippen LogP contribution in [0.1, 0.15) is 25.3 Å². The molecule has 6 heteroatoms. The van der Waals surface area contributed by atoms with Gasteiger partial charge in [0.15, 0.2) is 0 Å². The molecule has 1 unspecified atom stereocenters. The Labute approximate surface area is 130 Å². The molecular formula is C16H22N2O4. The van der Waals surface area contributed by atoms with E-state index in [1.54, 1.807) is 4.90 Å². The molecule has 0 radical (unpaired) electrons. The fourth-order valence-electron chi connectivity index (χ4n) is 2.33. The first-order valence-electron chi connectivity index (χ1n) is 7.44. The second kappa shape index (κ2) is 7.15. The topological polar surface area (TPSA) is 67.9 Å². The second-order valence-electron chi connectivity index (χ2n) is 5.29. The van der Waals surface area contributed by atoms with Gasteiger partial charge in [-0.2, -0.15) is 0 Å². The van der Waals surface area contributed by atoms with Gasteiger partial charge in [-0.05, 0) is 31.0 Å². The van der Waals surface area contributed by atoms with E-state index in [-0.39, 0.29) is 31.1 Å². The number of hydrogen-bond donors (Lipinski definition) is 1. The molecule has 1 aliphatic rings. The normalized spacial score (nSPS) is 16.5. The van der Waals surface area contributed by atoms with Crippen molar-refractivity contribution < 1.29 is 19.1 Å². The van der Waals surface area contributed by atoms with Gasteiger partial charge in [0.05, 0.1) is 25.8 Å². The summed E-state index contributed by atoms with van der Waals surface area (Å²) in [4.78, 5) is 25.2. The Hall–Kier alpha value is -2.24. The average molecular weight is 306 g/mol. The van der Waals surface area contributed by atoms with Crippen molar-refractivity contribution in [3.05, 3.63) is 23.8 Å². The molecule has 0 aromatic heterocycles. The lowest BCUT2D eigenvalue weighted by atomic mass is 10.1. The minimum atomic E-state index is -0.343. The highest BCUT2D eigenvalue weighted by Crippen LogP contribution is 2.34. The fourth-order valence-corrected chi connectivity index (χ4v) is 2.33. The maximum atomic E-state index is 12.4. The summed E-state index contributed by atoms with van der Waals surface area (Å²) in [6.07, 6.45) is 0.950. The summed E-state index contributed by atoms with van der Waals surface area (Å²) < 4.78 is 10.4. The maximum absolute atomic E-state index is 12.4. The van der Waals surface area contributed by atoms with Crippen molar-refractivity contribution in [3.63, 3.8) is 0 Å². The first kappa shape index (κ1) is 16.1. The SMILES string of the molecule is CCC1CN(C(=O)NCCC(=O)OC)c2cc(C)ccc2O1. The second-order valence-corrected chi connectivity index (χ2v) is 5.29. The van der Waals surface area contributed by atoms with Gasteiger partial charge in [0, 0.05) is 6.54 Å². The molecule has 22 heavy (non-hydrogen) atoms. The third-order valence-electron chi connectivity index (χ3n) is 3.62. The molecular weight excluding hydrogens is 284 g/mol. The highest BCUT2D eigenvalue weighted by Gasteiger charge is 2.28. The van der Waals surface area contributed by atoms with Gasteiger partial charge < -0.3 is 14.8 Å². The van der Waals surface area contributed by atoms with Gasteiger partial charge in [-0.25, -0.2) is 4.79 Å². The molecule has 6 nitrogen and oxygen atoms in total. The van der Waals surface area contributed by atoms with Gasteiger partial charge in [0.2, 0.25) is 0 Å². The number of fused-ring (bicyclic) bond motifs is 1. The van der Waals surface area contributed by atoms with Crippen molar-refractivity contribution in [2.45, 2.75) is 32.8 Å². The van der Waals surface area contributed by atoms with Crippen LogP contribution < -0.4 is 15.0 Å². The summed E-state index contributed by atoms with van der Waals surface area (Å²) >= 11 is 0. The van der Waals surface area contributed by atoms with Crippen molar-refractivity contribution in [1.82, 2.24) is 5.32 Å². The Morgan fingerprint density at radius 1 is 1.45 bits per heavy atom. The van der Waals surface area contributed by atoms with E-state index in [1.165, 1.54) is 7.11 Å². The van der Waals surface area contributed by atoms with Gasteiger partial charge in [-0.3, -0.25) is 9.69 Å². The van der Waals surface area contributed by atoms with E-state index in [0.29, 0.717) is 12.3 Å². The monoisotopic (exact) mass is 306 g/mol. The fraction of sp³-hybridized carbons (Fsp3) is 0.500.